The smallest absolute Gasteiger partial charge is 0.249 e. The second kappa shape index (κ2) is 2.28. The number of hydrogen-bond donors (Lipinski definition) is 2. The summed E-state index contributed by atoms with van der Waals surface area (Å²) in [5.74, 6) is -0.942. The van der Waals surface area contributed by atoms with Gasteiger partial charge in [0.05, 0.1) is 0 Å². The van der Waals surface area contributed by atoms with Crippen LogP contribution in [0.1, 0.15) is 18.6 Å². The molecule has 0 atom stereocenters. The lowest BCUT2D eigenvalue weighted by Crippen LogP contribution is -2.30. The van der Waals surface area contributed by atoms with Crippen LogP contribution in [0.3, 0.4) is 0 Å². The molecule has 2 N–H and O–H groups in total. The standard InChI is InChI=1S/C6H11N3O2/c1-4-7-8-5(2)9(4)6(3,10)11/h10-11H,1-3H3. The minimum absolute atomic E-state index is 0.481. The molecule has 1 aromatic rings. The molecule has 62 valence electrons. The van der Waals surface area contributed by atoms with Gasteiger partial charge < -0.3 is 10.2 Å². The van der Waals surface area contributed by atoms with Crippen molar-refractivity contribution in [3.63, 3.8) is 0 Å². The largest absolute Gasteiger partial charge is 0.349 e. The van der Waals surface area contributed by atoms with Crippen LogP contribution in [0, 0.1) is 13.8 Å². The quantitative estimate of drug-likeness (QED) is 0.539. The van der Waals surface area contributed by atoms with E-state index in [2.05, 4.69) is 10.2 Å². The number of aromatic nitrogens is 3. The van der Waals surface area contributed by atoms with Crippen molar-refractivity contribution < 1.29 is 10.2 Å². The molecule has 1 rings (SSSR count). The maximum atomic E-state index is 9.18. The first-order chi connectivity index (χ1) is 4.93. The van der Waals surface area contributed by atoms with Gasteiger partial charge in [-0.05, 0) is 13.8 Å². The Bertz CT molecular complexity index is 242. The summed E-state index contributed by atoms with van der Waals surface area (Å²) in [7, 11) is 0. The summed E-state index contributed by atoms with van der Waals surface area (Å²) in [5.41, 5.74) is 0. The highest BCUT2D eigenvalue weighted by molar-refractivity contribution is 4.93. The summed E-state index contributed by atoms with van der Waals surface area (Å²) in [6, 6.07) is 0. The Balaban J connectivity index is 3.21. The molecule has 5 heteroatoms. The number of hydrogen-bond acceptors (Lipinski definition) is 4. The first-order valence-corrected chi connectivity index (χ1v) is 3.27. The fraction of sp³-hybridized carbons (Fsp3) is 0.667. The van der Waals surface area contributed by atoms with Crippen molar-refractivity contribution in [1.29, 1.82) is 0 Å². The van der Waals surface area contributed by atoms with Gasteiger partial charge in [-0.15, -0.1) is 10.2 Å². The minimum Gasteiger partial charge on any atom is -0.349 e. The van der Waals surface area contributed by atoms with Gasteiger partial charge in [0.2, 0.25) is 5.91 Å². The first-order valence-electron chi connectivity index (χ1n) is 3.27. The van der Waals surface area contributed by atoms with Crippen LogP contribution < -0.4 is 0 Å². The molecule has 0 radical (unpaired) electrons. The maximum absolute atomic E-state index is 9.18. The molecule has 0 saturated carbocycles. The highest BCUT2D eigenvalue weighted by atomic mass is 16.5. The van der Waals surface area contributed by atoms with Gasteiger partial charge in [0.1, 0.15) is 11.6 Å². The van der Waals surface area contributed by atoms with Gasteiger partial charge in [-0.2, -0.15) is 0 Å². The van der Waals surface area contributed by atoms with Gasteiger partial charge in [0.25, 0.3) is 0 Å². The molecule has 11 heavy (non-hydrogen) atoms. The van der Waals surface area contributed by atoms with E-state index >= 15 is 0 Å². The second-order valence-corrected chi connectivity index (χ2v) is 2.60. The van der Waals surface area contributed by atoms with E-state index in [-0.39, 0.29) is 0 Å². The van der Waals surface area contributed by atoms with E-state index in [1.807, 2.05) is 0 Å². The fourth-order valence-corrected chi connectivity index (χ4v) is 1.08. The van der Waals surface area contributed by atoms with Crippen LogP contribution in [-0.2, 0) is 5.91 Å². The summed E-state index contributed by atoms with van der Waals surface area (Å²) in [6.07, 6.45) is 0. The number of rotatable bonds is 1. The lowest BCUT2D eigenvalue weighted by molar-refractivity contribution is -0.215. The van der Waals surface area contributed by atoms with E-state index < -0.39 is 5.91 Å². The minimum atomic E-state index is -1.91. The monoisotopic (exact) mass is 157 g/mol. The van der Waals surface area contributed by atoms with E-state index in [4.69, 9.17) is 0 Å². The number of aliphatic hydroxyl groups is 2. The topological polar surface area (TPSA) is 71.2 Å². The highest BCUT2D eigenvalue weighted by Crippen LogP contribution is 2.11. The summed E-state index contributed by atoms with van der Waals surface area (Å²) in [6.45, 7) is 4.58. The van der Waals surface area contributed by atoms with Crippen LogP contribution >= 0.6 is 0 Å². The van der Waals surface area contributed by atoms with Gasteiger partial charge in [-0.25, -0.2) is 0 Å². The van der Waals surface area contributed by atoms with Gasteiger partial charge in [-0.3, -0.25) is 4.57 Å². The Morgan fingerprint density at radius 2 is 1.55 bits per heavy atom. The van der Waals surface area contributed by atoms with Crippen molar-refractivity contribution in [2.75, 3.05) is 0 Å². The van der Waals surface area contributed by atoms with Crippen LogP contribution in [0.5, 0.6) is 0 Å². The molecule has 0 fully saturated rings. The highest BCUT2D eigenvalue weighted by Gasteiger charge is 2.22. The zero-order valence-corrected chi connectivity index (χ0v) is 6.74. The average molecular weight is 157 g/mol. The Kier molecular flexibility index (Phi) is 1.69. The molecule has 0 amide bonds. The average Bonchev–Trinajstić information content (AvgIpc) is 2.08. The molecule has 0 saturated heterocycles. The van der Waals surface area contributed by atoms with E-state index in [1.54, 1.807) is 13.8 Å². The summed E-state index contributed by atoms with van der Waals surface area (Å²) < 4.78 is 1.24. The van der Waals surface area contributed by atoms with Crippen LogP contribution in [0.15, 0.2) is 0 Å². The molecule has 0 aliphatic carbocycles. The normalized spacial score (nSPS) is 12.1. The second-order valence-electron chi connectivity index (χ2n) is 2.60. The molecular weight excluding hydrogens is 146 g/mol. The van der Waals surface area contributed by atoms with Gasteiger partial charge in [0, 0.05) is 6.92 Å². The summed E-state index contributed by atoms with van der Waals surface area (Å²) in [5, 5.41) is 25.7. The summed E-state index contributed by atoms with van der Waals surface area (Å²) in [4.78, 5) is 0. The van der Waals surface area contributed by atoms with E-state index in [0.717, 1.165) is 0 Å². The third-order valence-corrected chi connectivity index (χ3v) is 1.41. The number of aryl methyl sites for hydroxylation is 2. The Labute approximate surface area is 64.3 Å². The lowest BCUT2D eigenvalue weighted by Gasteiger charge is -2.19. The van der Waals surface area contributed by atoms with Crippen LogP contribution in [0.25, 0.3) is 0 Å². The molecular formula is C6H11N3O2. The molecule has 1 aromatic heterocycles. The van der Waals surface area contributed by atoms with Crippen molar-refractivity contribution in [2.45, 2.75) is 26.7 Å². The van der Waals surface area contributed by atoms with Gasteiger partial charge >= 0.3 is 0 Å². The Hall–Kier alpha value is -0.940. The predicted octanol–water partition coefficient (Wildman–Crippen LogP) is -0.490. The van der Waals surface area contributed by atoms with Crippen molar-refractivity contribution >= 4 is 0 Å². The molecule has 0 aliphatic heterocycles. The van der Waals surface area contributed by atoms with Crippen LogP contribution in [-0.4, -0.2) is 25.0 Å². The Morgan fingerprint density at radius 3 is 1.73 bits per heavy atom. The van der Waals surface area contributed by atoms with E-state index in [1.165, 1.54) is 11.5 Å². The van der Waals surface area contributed by atoms with Crippen molar-refractivity contribution in [1.82, 2.24) is 14.8 Å². The van der Waals surface area contributed by atoms with Gasteiger partial charge in [-0.1, -0.05) is 0 Å². The van der Waals surface area contributed by atoms with Crippen LogP contribution in [0.2, 0.25) is 0 Å². The molecule has 0 aliphatic rings. The zero-order chi connectivity index (χ0) is 8.65. The SMILES string of the molecule is Cc1nnc(C)n1C(C)(O)O. The van der Waals surface area contributed by atoms with Gasteiger partial charge in [0.15, 0.2) is 0 Å². The third-order valence-electron chi connectivity index (χ3n) is 1.41. The number of nitrogens with zero attached hydrogens (tertiary/aromatic N) is 3. The first kappa shape index (κ1) is 8.16. The zero-order valence-electron chi connectivity index (χ0n) is 6.74. The third kappa shape index (κ3) is 1.38. The maximum Gasteiger partial charge on any atom is 0.249 e. The van der Waals surface area contributed by atoms with Crippen molar-refractivity contribution in [3.8, 4) is 0 Å². The fourth-order valence-electron chi connectivity index (χ4n) is 1.08. The molecule has 0 bridgehead atoms. The molecule has 0 unspecified atom stereocenters. The van der Waals surface area contributed by atoms with Crippen LogP contribution in [0.4, 0.5) is 0 Å². The van der Waals surface area contributed by atoms with Crippen molar-refractivity contribution in [3.05, 3.63) is 11.6 Å². The summed E-state index contributed by atoms with van der Waals surface area (Å²) >= 11 is 0. The van der Waals surface area contributed by atoms with Crippen molar-refractivity contribution in [2.24, 2.45) is 0 Å². The van der Waals surface area contributed by atoms with E-state index in [9.17, 15) is 10.2 Å². The lowest BCUT2D eigenvalue weighted by atomic mass is 10.5. The molecule has 0 spiro atoms. The predicted molar refractivity (Wildman–Crippen MR) is 37.6 cm³/mol. The molecule has 5 nitrogen and oxygen atoms in total. The molecule has 1 heterocycles. The molecule has 0 aromatic carbocycles. The van der Waals surface area contributed by atoms with E-state index in [0.29, 0.717) is 11.6 Å². The Morgan fingerprint density at radius 1 is 1.18 bits per heavy atom.